The van der Waals surface area contributed by atoms with Crippen LogP contribution in [0.25, 0.3) is 5.32 Å². The van der Waals surface area contributed by atoms with Crippen LogP contribution in [0.5, 0.6) is 0 Å². The zero-order valence-corrected chi connectivity index (χ0v) is 11.2. The van der Waals surface area contributed by atoms with Crippen LogP contribution in [0.4, 0.5) is 0 Å². The molecule has 0 spiro atoms. The van der Waals surface area contributed by atoms with Crippen molar-refractivity contribution < 1.29 is 20.1 Å². The molecule has 0 amide bonds. The van der Waals surface area contributed by atoms with Gasteiger partial charge >= 0.3 is 0 Å². The van der Waals surface area contributed by atoms with Gasteiger partial charge in [-0.05, 0) is 0 Å². The summed E-state index contributed by atoms with van der Waals surface area (Å²) in [6.07, 6.45) is 13.5. The SMILES string of the molecule is C[C-]=CC1CCC2CCCCC2[N-]1.[Ir]. The van der Waals surface area contributed by atoms with Gasteiger partial charge in [-0.15, -0.1) is 6.04 Å². The van der Waals surface area contributed by atoms with Crippen molar-refractivity contribution in [2.24, 2.45) is 5.92 Å². The molecule has 0 aromatic carbocycles. The van der Waals surface area contributed by atoms with Gasteiger partial charge in [-0.2, -0.15) is 13.0 Å². The molecular weight excluding hydrogens is 350 g/mol. The van der Waals surface area contributed by atoms with E-state index in [4.69, 9.17) is 5.32 Å². The largest absolute Gasteiger partial charge is 0.656 e. The standard InChI is InChI=1S/C12H19N.Ir/c1-2-5-11-9-8-10-6-3-4-7-12(10)13-11;/h5,10-12H,3-4,6-9H2,1H3;/q-2;. The van der Waals surface area contributed by atoms with Gasteiger partial charge < -0.3 is 11.4 Å². The first-order valence-electron chi connectivity index (χ1n) is 5.60. The van der Waals surface area contributed by atoms with E-state index in [1.54, 1.807) is 0 Å². The van der Waals surface area contributed by atoms with Gasteiger partial charge in [-0.25, -0.2) is 0 Å². The summed E-state index contributed by atoms with van der Waals surface area (Å²) in [6, 6.07) is 1.18. The zero-order valence-electron chi connectivity index (χ0n) is 8.83. The molecule has 14 heavy (non-hydrogen) atoms. The monoisotopic (exact) mass is 370 g/mol. The third-order valence-corrected chi connectivity index (χ3v) is 3.44. The van der Waals surface area contributed by atoms with Gasteiger partial charge in [0.25, 0.3) is 0 Å². The van der Waals surface area contributed by atoms with E-state index in [-0.39, 0.29) is 20.1 Å². The smallest absolute Gasteiger partial charge is 0 e. The van der Waals surface area contributed by atoms with E-state index in [2.05, 4.69) is 12.2 Å². The van der Waals surface area contributed by atoms with Gasteiger partial charge in [0.1, 0.15) is 0 Å². The third kappa shape index (κ3) is 2.92. The maximum Gasteiger partial charge on any atom is 0 e. The average molecular weight is 370 g/mol. The Morgan fingerprint density at radius 3 is 2.71 bits per heavy atom. The van der Waals surface area contributed by atoms with Gasteiger partial charge in [0.15, 0.2) is 0 Å². The van der Waals surface area contributed by atoms with Crippen molar-refractivity contribution in [3.05, 3.63) is 17.5 Å². The minimum absolute atomic E-state index is 0. The van der Waals surface area contributed by atoms with Crippen molar-refractivity contribution in [3.63, 3.8) is 0 Å². The molecule has 2 rings (SSSR count). The van der Waals surface area contributed by atoms with E-state index in [1.807, 2.05) is 6.92 Å². The number of piperidine rings is 1. The molecule has 1 saturated carbocycles. The molecule has 3 atom stereocenters. The summed E-state index contributed by atoms with van der Waals surface area (Å²) in [6.45, 7) is 1.97. The van der Waals surface area contributed by atoms with Gasteiger partial charge in [-0.1, -0.05) is 44.4 Å². The van der Waals surface area contributed by atoms with Crippen LogP contribution < -0.4 is 0 Å². The summed E-state index contributed by atoms with van der Waals surface area (Å²) < 4.78 is 0. The maximum atomic E-state index is 4.88. The average Bonchev–Trinajstić information content (AvgIpc) is 2.18. The van der Waals surface area contributed by atoms with Crippen molar-refractivity contribution in [2.45, 2.75) is 57.5 Å². The van der Waals surface area contributed by atoms with Gasteiger partial charge in [0, 0.05) is 20.1 Å². The number of rotatable bonds is 1. The van der Waals surface area contributed by atoms with Crippen LogP contribution in [-0.2, 0) is 20.1 Å². The number of nitrogens with zero attached hydrogens (tertiary/aromatic N) is 1. The fourth-order valence-corrected chi connectivity index (χ4v) is 2.75. The predicted octanol–water partition coefficient (Wildman–Crippen LogP) is 3.46. The number of hydrogen-bond donors (Lipinski definition) is 0. The summed E-state index contributed by atoms with van der Waals surface area (Å²) in [5.41, 5.74) is 0. The Bertz CT molecular complexity index is 191. The molecule has 1 nitrogen and oxygen atoms in total. The molecule has 1 radical (unpaired) electrons. The van der Waals surface area contributed by atoms with E-state index in [0.717, 1.165) is 5.92 Å². The molecule has 1 aliphatic carbocycles. The first kappa shape index (κ1) is 12.4. The van der Waals surface area contributed by atoms with Crippen LogP contribution in [0.15, 0.2) is 6.08 Å². The molecule has 3 unspecified atom stereocenters. The Hall–Kier alpha value is 0.349. The van der Waals surface area contributed by atoms with E-state index in [9.17, 15) is 0 Å². The number of fused-ring (bicyclic) bond motifs is 1. The second kappa shape index (κ2) is 6.05. The fraction of sp³-hybridized carbons (Fsp3) is 0.833. The Labute approximate surface area is 101 Å². The minimum atomic E-state index is 0. The van der Waals surface area contributed by atoms with Crippen LogP contribution in [-0.4, -0.2) is 12.1 Å². The topological polar surface area (TPSA) is 14.1 Å². The molecule has 0 aromatic rings. The van der Waals surface area contributed by atoms with Gasteiger partial charge in [0.2, 0.25) is 0 Å². The molecule has 2 heteroatoms. The van der Waals surface area contributed by atoms with Crippen molar-refractivity contribution in [3.8, 4) is 0 Å². The van der Waals surface area contributed by atoms with Crippen LogP contribution in [0, 0.1) is 12.0 Å². The quantitative estimate of drug-likeness (QED) is 0.629. The summed E-state index contributed by atoms with van der Waals surface area (Å²) in [5, 5.41) is 4.88. The molecule has 0 aromatic heterocycles. The van der Waals surface area contributed by atoms with E-state index in [1.165, 1.54) is 38.5 Å². The third-order valence-electron chi connectivity index (χ3n) is 3.44. The van der Waals surface area contributed by atoms with Crippen LogP contribution in [0.3, 0.4) is 0 Å². The number of hydrogen-bond acceptors (Lipinski definition) is 0. The molecular formula is C12H19IrN-2. The zero-order chi connectivity index (χ0) is 9.10. The minimum Gasteiger partial charge on any atom is -0.656 e. The van der Waals surface area contributed by atoms with Crippen LogP contribution in [0.1, 0.15) is 45.4 Å². The summed E-state index contributed by atoms with van der Waals surface area (Å²) in [5.74, 6) is 0.926. The van der Waals surface area contributed by atoms with Gasteiger partial charge in [0.05, 0.1) is 0 Å². The van der Waals surface area contributed by atoms with Gasteiger partial charge in [-0.3, -0.25) is 6.08 Å². The second-order valence-electron chi connectivity index (χ2n) is 4.36. The fourth-order valence-electron chi connectivity index (χ4n) is 2.75. The van der Waals surface area contributed by atoms with E-state index < -0.39 is 0 Å². The normalized spacial score (nSPS) is 37.6. The first-order chi connectivity index (χ1) is 6.40. The van der Waals surface area contributed by atoms with Crippen molar-refractivity contribution in [1.29, 1.82) is 0 Å². The second-order valence-corrected chi connectivity index (χ2v) is 4.36. The molecule has 2 fully saturated rings. The van der Waals surface area contributed by atoms with E-state index >= 15 is 0 Å². The maximum absolute atomic E-state index is 4.88. The first-order valence-corrected chi connectivity index (χ1v) is 5.60. The molecule has 0 bridgehead atoms. The molecule has 83 valence electrons. The molecule has 1 heterocycles. The van der Waals surface area contributed by atoms with Crippen molar-refractivity contribution in [2.75, 3.05) is 0 Å². The Kier molecular flexibility index (Phi) is 5.36. The van der Waals surface area contributed by atoms with E-state index in [0.29, 0.717) is 12.1 Å². The summed E-state index contributed by atoms with van der Waals surface area (Å²) in [7, 11) is 0. The Balaban J connectivity index is 0.000000980. The van der Waals surface area contributed by atoms with Crippen LogP contribution in [0.2, 0.25) is 0 Å². The Morgan fingerprint density at radius 1 is 1.14 bits per heavy atom. The van der Waals surface area contributed by atoms with Crippen molar-refractivity contribution in [1.82, 2.24) is 0 Å². The van der Waals surface area contributed by atoms with Crippen molar-refractivity contribution >= 4 is 0 Å². The molecule has 2 aliphatic rings. The number of allylic oxidation sites excluding steroid dienone is 1. The predicted molar refractivity (Wildman–Crippen MR) is 55.6 cm³/mol. The molecule has 1 aliphatic heterocycles. The summed E-state index contributed by atoms with van der Waals surface area (Å²) in [4.78, 5) is 0. The Morgan fingerprint density at radius 2 is 1.93 bits per heavy atom. The van der Waals surface area contributed by atoms with Crippen LogP contribution >= 0.6 is 0 Å². The molecule has 1 saturated heterocycles. The summed E-state index contributed by atoms with van der Waals surface area (Å²) >= 11 is 0. The molecule has 0 N–H and O–H groups in total.